The maximum atomic E-state index is 9.67. The minimum absolute atomic E-state index is 0.172. The second-order valence-corrected chi connectivity index (χ2v) is 4.44. The highest BCUT2D eigenvalue weighted by molar-refractivity contribution is 4.90. The second kappa shape index (κ2) is 5.42. The monoisotopic (exact) mass is 232 g/mol. The fourth-order valence-corrected chi connectivity index (χ4v) is 2.12. The number of hydrogen-bond acceptors (Lipinski definition) is 5. The van der Waals surface area contributed by atoms with Crippen LogP contribution < -0.4 is 0 Å². The van der Waals surface area contributed by atoms with Crippen molar-refractivity contribution in [2.45, 2.75) is 56.9 Å². The van der Waals surface area contributed by atoms with Crippen molar-refractivity contribution in [1.82, 2.24) is 0 Å². The molecule has 0 aromatic carbocycles. The lowest BCUT2D eigenvalue weighted by Crippen LogP contribution is -2.39. The van der Waals surface area contributed by atoms with Crippen LogP contribution in [0.2, 0.25) is 0 Å². The molecule has 2 aliphatic rings. The molecule has 0 saturated carbocycles. The molecule has 2 rings (SSSR count). The summed E-state index contributed by atoms with van der Waals surface area (Å²) in [5, 5.41) is 19.0. The van der Waals surface area contributed by atoms with Gasteiger partial charge < -0.3 is 24.4 Å². The van der Waals surface area contributed by atoms with Crippen LogP contribution in [0.3, 0.4) is 0 Å². The van der Waals surface area contributed by atoms with Crippen molar-refractivity contribution < 1.29 is 24.4 Å². The molecule has 2 saturated heterocycles. The van der Waals surface area contributed by atoms with Gasteiger partial charge in [-0.05, 0) is 12.8 Å². The van der Waals surface area contributed by atoms with Crippen LogP contribution in [0.5, 0.6) is 0 Å². The first kappa shape index (κ1) is 12.3. The number of hydrogen-bond donors (Lipinski definition) is 2. The Bertz CT molecular complexity index is 222. The summed E-state index contributed by atoms with van der Waals surface area (Å²) in [6.07, 6.45) is 0.484. The zero-order valence-electron chi connectivity index (χ0n) is 9.54. The molecule has 0 spiro atoms. The molecular weight excluding hydrogens is 212 g/mol. The van der Waals surface area contributed by atoms with E-state index in [2.05, 4.69) is 6.92 Å². The van der Waals surface area contributed by atoms with E-state index in [1.54, 1.807) is 0 Å². The van der Waals surface area contributed by atoms with Crippen LogP contribution in [0.25, 0.3) is 0 Å². The highest BCUT2D eigenvalue weighted by Crippen LogP contribution is 2.26. The van der Waals surface area contributed by atoms with Crippen molar-refractivity contribution in [3.05, 3.63) is 0 Å². The molecule has 2 heterocycles. The first-order chi connectivity index (χ1) is 7.72. The molecule has 0 bridgehead atoms. The summed E-state index contributed by atoms with van der Waals surface area (Å²) in [6.45, 7) is 2.72. The number of rotatable bonds is 4. The van der Waals surface area contributed by atoms with Crippen molar-refractivity contribution in [1.29, 1.82) is 0 Å². The molecule has 2 aliphatic heterocycles. The molecule has 2 N–H and O–H groups in total. The maximum Gasteiger partial charge on any atom is 0.158 e. The molecule has 5 nitrogen and oxygen atoms in total. The van der Waals surface area contributed by atoms with E-state index in [9.17, 15) is 10.2 Å². The predicted molar refractivity (Wildman–Crippen MR) is 55.9 cm³/mol. The highest BCUT2D eigenvalue weighted by atomic mass is 16.7. The van der Waals surface area contributed by atoms with E-state index in [1.807, 2.05) is 0 Å². The van der Waals surface area contributed by atoms with E-state index in [1.165, 1.54) is 0 Å². The molecule has 16 heavy (non-hydrogen) atoms. The van der Waals surface area contributed by atoms with Crippen molar-refractivity contribution in [3.63, 3.8) is 0 Å². The van der Waals surface area contributed by atoms with Crippen molar-refractivity contribution in [2.24, 2.45) is 0 Å². The summed E-state index contributed by atoms with van der Waals surface area (Å²) in [5.74, 6) is 0. The van der Waals surface area contributed by atoms with Crippen LogP contribution in [-0.4, -0.2) is 54.1 Å². The van der Waals surface area contributed by atoms with E-state index in [4.69, 9.17) is 14.2 Å². The van der Waals surface area contributed by atoms with Gasteiger partial charge in [0.25, 0.3) is 0 Å². The molecule has 94 valence electrons. The van der Waals surface area contributed by atoms with Gasteiger partial charge in [-0.1, -0.05) is 13.3 Å². The molecule has 0 aliphatic carbocycles. The van der Waals surface area contributed by atoms with Gasteiger partial charge in [-0.15, -0.1) is 0 Å². The van der Waals surface area contributed by atoms with Gasteiger partial charge >= 0.3 is 0 Å². The molecule has 2 fully saturated rings. The average molecular weight is 232 g/mol. The Labute approximate surface area is 95.3 Å². The van der Waals surface area contributed by atoms with Gasteiger partial charge in [0.1, 0.15) is 24.4 Å². The summed E-state index contributed by atoms with van der Waals surface area (Å²) in [4.78, 5) is 0. The van der Waals surface area contributed by atoms with Gasteiger partial charge in [-0.2, -0.15) is 0 Å². The highest BCUT2D eigenvalue weighted by Gasteiger charge is 2.43. The third kappa shape index (κ3) is 2.55. The zero-order valence-corrected chi connectivity index (χ0v) is 9.54. The van der Waals surface area contributed by atoms with Crippen molar-refractivity contribution in [2.75, 3.05) is 13.2 Å². The first-order valence-electron chi connectivity index (χ1n) is 5.97. The van der Waals surface area contributed by atoms with Gasteiger partial charge in [0.15, 0.2) is 6.29 Å². The normalized spacial score (nSPS) is 44.1. The Hall–Kier alpha value is -0.200. The van der Waals surface area contributed by atoms with Crippen LogP contribution in [0.4, 0.5) is 0 Å². The summed E-state index contributed by atoms with van der Waals surface area (Å²) >= 11 is 0. The third-order valence-electron chi connectivity index (χ3n) is 3.12. The topological polar surface area (TPSA) is 68.2 Å². The number of aliphatic hydroxyl groups excluding tert-OH is 2. The van der Waals surface area contributed by atoms with Crippen LogP contribution in [0, 0.1) is 0 Å². The Morgan fingerprint density at radius 1 is 1.19 bits per heavy atom. The van der Waals surface area contributed by atoms with Crippen LogP contribution >= 0.6 is 0 Å². The molecular formula is C11H20O5. The number of unbranched alkanes of at least 4 members (excludes halogenated alkanes) is 1. The second-order valence-electron chi connectivity index (χ2n) is 4.44. The minimum atomic E-state index is -0.862. The van der Waals surface area contributed by atoms with Gasteiger partial charge in [-0.3, -0.25) is 0 Å². The van der Waals surface area contributed by atoms with E-state index in [0.29, 0.717) is 6.61 Å². The van der Waals surface area contributed by atoms with Gasteiger partial charge in [0, 0.05) is 0 Å². The maximum absolute atomic E-state index is 9.67. The van der Waals surface area contributed by atoms with E-state index in [0.717, 1.165) is 19.3 Å². The Morgan fingerprint density at radius 3 is 2.62 bits per heavy atom. The summed E-state index contributed by atoms with van der Waals surface area (Å²) in [7, 11) is 0. The predicted octanol–water partition coefficient (Wildman–Crippen LogP) is 0.0387. The standard InChI is InChI=1S/C11H20O5/c1-2-3-4-9-14-6-8(16-9)11-10(13)7(12)5-15-11/h7-13H,2-6H2,1H3/t7-,8+,9?,10+,11+/m0/s1. The van der Waals surface area contributed by atoms with Gasteiger partial charge in [-0.25, -0.2) is 0 Å². The van der Waals surface area contributed by atoms with Crippen LogP contribution in [-0.2, 0) is 14.2 Å². The summed E-state index contributed by atoms with van der Waals surface area (Å²) < 4.78 is 16.4. The largest absolute Gasteiger partial charge is 0.388 e. The molecule has 0 aromatic rings. The van der Waals surface area contributed by atoms with Crippen molar-refractivity contribution in [3.8, 4) is 0 Å². The van der Waals surface area contributed by atoms with E-state index in [-0.39, 0.29) is 19.0 Å². The molecule has 0 radical (unpaired) electrons. The van der Waals surface area contributed by atoms with E-state index < -0.39 is 18.3 Å². The summed E-state index contributed by atoms with van der Waals surface area (Å²) in [6, 6.07) is 0. The molecule has 0 aromatic heterocycles. The zero-order chi connectivity index (χ0) is 11.5. The fraction of sp³-hybridized carbons (Fsp3) is 1.00. The lowest BCUT2D eigenvalue weighted by atomic mass is 10.1. The summed E-state index contributed by atoms with van der Waals surface area (Å²) in [5.41, 5.74) is 0. The lowest BCUT2D eigenvalue weighted by molar-refractivity contribution is -0.103. The van der Waals surface area contributed by atoms with E-state index >= 15 is 0 Å². The Kier molecular flexibility index (Phi) is 4.16. The quantitative estimate of drug-likeness (QED) is 0.716. The number of aliphatic hydroxyl groups is 2. The molecule has 5 heteroatoms. The average Bonchev–Trinajstić information content (AvgIpc) is 2.85. The van der Waals surface area contributed by atoms with Crippen molar-refractivity contribution >= 4 is 0 Å². The Morgan fingerprint density at radius 2 is 2.00 bits per heavy atom. The van der Waals surface area contributed by atoms with Gasteiger partial charge in [0.2, 0.25) is 0 Å². The molecule has 1 unspecified atom stereocenters. The molecule has 0 amide bonds. The third-order valence-corrected chi connectivity index (χ3v) is 3.12. The fourth-order valence-electron chi connectivity index (χ4n) is 2.12. The number of ether oxygens (including phenoxy) is 3. The van der Waals surface area contributed by atoms with Crippen LogP contribution in [0.1, 0.15) is 26.2 Å². The smallest absolute Gasteiger partial charge is 0.158 e. The Balaban J connectivity index is 1.80. The first-order valence-corrected chi connectivity index (χ1v) is 5.97. The molecule has 5 atom stereocenters. The lowest BCUT2D eigenvalue weighted by Gasteiger charge is -2.20. The van der Waals surface area contributed by atoms with Gasteiger partial charge in [0.05, 0.1) is 13.2 Å². The minimum Gasteiger partial charge on any atom is -0.388 e. The van der Waals surface area contributed by atoms with Crippen LogP contribution in [0.15, 0.2) is 0 Å². The SMILES string of the molecule is CCCCC1OC[C@H]([C@H]2OC[C@H](O)[C@H]2O)O1.